The van der Waals surface area contributed by atoms with Crippen molar-refractivity contribution in [3.63, 3.8) is 0 Å². The lowest BCUT2D eigenvalue weighted by Gasteiger charge is -2.29. The number of carbonyl (C=O) groups excluding carboxylic acids is 8. The Hall–Kier alpha value is -5.65. The van der Waals surface area contributed by atoms with Gasteiger partial charge in [-0.1, -0.05) is 13.8 Å². The molecule has 0 saturated carbocycles. The molecule has 8 amide bonds. The molecule has 20 N–H and O–H groups in total. The molecular formula is C37H67N15O12S2. The second-order valence-corrected chi connectivity index (χ2v) is 16.3. The first-order valence-corrected chi connectivity index (χ1v) is 22.2. The summed E-state index contributed by atoms with van der Waals surface area (Å²) in [5.74, 6) is -9.61. The Kier molecular flexibility index (Phi) is 26.4. The van der Waals surface area contributed by atoms with Gasteiger partial charge in [0, 0.05) is 31.1 Å². The van der Waals surface area contributed by atoms with Gasteiger partial charge in [-0.3, -0.25) is 48.3 Å². The summed E-state index contributed by atoms with van der Waals surface area (Å²) in [5, 5.41) is 46.5. The summed E-state index contributed by atoms with van der Waals surface area (Å²) in [7, 11) is 0. The smallest absolute Gasteiger partial charge is 0.327 e. The van der Waals surface area contributed by atoms with Gasteiger partial charge in [0.15, 0.2) is 11.9 Å². The number of aliphatic carboxylic acids is 1. The van der Waals surface area contributed by atoms with Gasteiger partial charge in [-0.05, 0) is 51.4 Å². The minimum absolute atomic E-state index is 0.0201. The predicted octanol–water partition coefficient (Wildman–Crippen LogP) is -7.59. The van der Waals surface area contributed by atoms with Gasteiger partial charge >= 0.3 is 5.97 Å². The number of nitrogens with one attached hydrogen (secondary N) is 7. The van der Waals surface area contributed by atoms with Crippen LogP contribution in [-0.2, 0) is 43.2 Å². The highest BCUT2D eigenvalue weighted by molar-refractivity contribution is 7.80. The number of rotatable bonds is 29. The molecule has 1 aliphatic rings. The van der Waals surface area contributed by atoms with Crippen molar-refractivity contribution < 1.29 is 58.5 Å². The molecule has 29 heteroatoms. The number of aliphatic imine (C=N–C) groups is 2. The summed E-state index contributed by atoms with van der Waals surface area (Å²) in [5.41, 5.74) is 27.2. The van der Waals surface area contributed by atoms with Crippen molar-refractivity contribution in [2.24, 2.45) is 44.6 Å². The molecule has 1 fully saturated rings. The highest BCUT2D eigenvalue weighted by atomic mass is 32.1. The van der Waals surface area contributed by atoms with Gasteiger partial charge in [0.05, 0.1) is 25.3 Å². The van der Waals surface area contributed by atoms with E-state index in [0.29, 0.717) is 6.42 Å². The van der Waals surface area contributed by atoms with E-state index in [4.69, 9.17) is 28.7 Å². The van der Waals surface area contributed by atoms with E-state index in [1.54, 1.807) is 13.8 Å². The molecule has 1 heterocycles. The predicted molar refractivity (Wildman–Crippen MR) is 246 cm³/mol. The summed E-state index contributed by atoms with van der Waals surface area (Å²) in [4.78, 5) is 127. The van der Waals surface area contributed by atoms with Gasteiger partial charge in [-0.25, -0.2) is 4.79 Å². The average Bonchev–Trinajstić information content (AvgIpc) is 3.75. The van der Waals surface area contributed by atoms with Crippen LogP contribution in [0, 0.1) is 5.92 Å². The zero-order valence-corrected chi connectivity index (χ0v) is 38.9. The zero-order chi connectivity index (χ0) is 50.3. The van der Waals surface area contributed by atoms with Crippen LogP contribution in [0.3, 0.4) is 0 Å². The SMILES string of the molecule is CC(C)[C@H](NC(=O)[C@H](CCCN=C(N)N)NC(=O)[C@H](CO)NC(=O)[C@@H](N)CS)C(=O)N[C@H](C(=O)NCC(=O)N[C@@H](CCCN=C(N)N)C(=O)N1CCC[C@H]1C(=O)N[C@@H](CS)C(=O)O)[C@@H](C)O. The molecule has 9 atom stereocenters. The van der Waals surface area contributed by atoms with Crippen molar-refractivity contribution in [3.8, 4) is 0 Å². The van der Waals surface area contributed by atoms with E-state index in [1.165, 1.54) is 11.8 Å². The van der Waals surface area contributed by atoms with Crippen LogP contribution in [0.25, 0.3) is 0 Å². The maximum atomic E-state index is 13.8. The van der Waals surface area contributed by atoms with Gasteiger partial charge in [-0.2, -0.15) is 25.3 Å². The Morgan fingerprint density at radius 3 is 1.74 bits per heavy atom. The molecule has 0 aromatic heterocycles. The summed E-state index contributed by atoms with van der Waals surface area (Å²) < 4.78 is 0. The molecule has 0 unspecified atom stereocenters. The van der Waals surface area contributed by atoms with Crippen molar-refractivity contribution in [1.29, 1.82) is 0 Å². The summed E-state index contributed by atoms with van der Waals surface area (Å²) >= 11 is 7.89. The minimum atomic E-state index is -1.69. The van der Waals surface area contributed by atoms with Crippen molar-refractivity contribution in [2.45, 2.75) is 114 Å². The first kappa shape index (κ1) is 58.4. The van der Waals surface area contributed by atoms with Crippen LogP contribution >= 0.6 is 25.3 Å². The Labute approximate surface area is 392 Å². The van der Waals surface area contributed by atoms with Crippen LogP contribution in [0.15, 0.2) is 9.98 Å². The Morgan fingerprint density at radius 1 is 0.697 bits per heavy atom. The molecule has 0 spiro atoms. The molecule has 27 nitrogen and oxygen atoms in total. The molecule has 0 bridgehead atoms. The number of aliphatic hydroxyl groups is 2. The number of nitrogens with zero attached hydrogens (tertiary/aromatic N) is 3. The molecule has 1 rings (SSSR count). The van der Waals surface area contributed by atoms with E-state index in [2.05, 4.69) is 72.5 Å². The van der Waals surface area contributed by atoms with E-state index >= 15 is 0 Å². The molecule has 1 aliphatic heterocycles. The minimum Gasteiger partial charge on any atom is -0.480 e. The van der Waals surface area contributed by atoms with Gasteiger partial charge in [0.2, 0.25) is 47.3 Å². The standard InChI is InChI=1S/C37H67N15O12S2/c1-17(2)26(50-29(57)20(7-4-10-43-36(39)40)47-30(58)22(14-53)48-28(56)19(38)15-65)33(61)51-27(18(3)54)32(60)45-13-25(55)46-21(8-5-11-44-37(41)42)34(62)52-12-6-9-24(52)31(59)49-23(16-66)35(63)64/h17-24,26-27,53-54,65-66H,4-16,38H2,1-3H3,(H,45,60)(H,46,55)(H,47,58)(H,48,56)(H,49,59)(H,50,57)(H,51,61)(H,63,64)(H4,39,40,43)(H4,41,42,44)/t18-,19+,20+,21+,22+,23+,24+,26+,27+/m1/s1. The Morgan fingerprint density at radius 2 is 1.24 bits per heavy atom. The average molecular weight is 978 g/mol. The van der Waals surface area contributed by atoms with Gasteiger partial charge in [0.25, 0.3) is 0 Å². The van der Waals surface area contributed by atoms with Gasteiger partial charge < -0.3 is 86.1 Å². The fourth-order valence-electron chi connectivity index (χ4n) is 6.28. The van der Waals surface area contributed by atoms with E-state index in [1.807, 2.05) is 0 Å². The molecule has 66 heavy (non-hydrogen) atoms. The monoisotopic (exact) mass is 977 g/mol. The number of hydrogen-bond donors (Lipinski definition) is 17. The normalized spacial score (nSPS) is 16.9. The Balaban J connectivity index is 3.18. The lowest BCUT2D eigenvalue weighted by atomic mass is 10.0. The lowest BCUT2D eigenvalue weighted by molar-refractivity contribution is -0.144. The second kappa shape index (κ2) is 29.8. The number of guanidine groups is 2. The van der Waals surface area contributed by atoms with E-state index in [0.717, 1.165) is 0 Å². The fourth-order valence-corrected chi connectivity index (χ4v) is 6.69. The summed E-state index contributed by atoms with van der Waals surface area (Å²) in [6.45, 7) is 2.89. The number of carbonyl (C=O) groups is 9. The highest BCUT2D eigenvalue weighted by Gasteiger charge is 2.39. The van der Waals surface area contributed by atoms with Crippen LogP contribution in [0.1, 0.15) is 59.3 Å². The number of nitrogens with two attached hydrogens (primary N) is 5. The largest absolute Gasteiger partial charge is 0.480 e. The van der Waals surface area contributed by atoms with E-state index in [9.17, 15) is 58.5 Å². The molecule has 374 valence electrons. The number of amides is 8. The number of hydrogen-bond acceptors (Lipinski definition) is 16. The number of thiol groups is 2. The molecule has 1 saturated heterocycles. The second-order valence-electron chi connectivity index (χ2n) is 15.6. The van der Waals surface area contributed by atoms with Crippen LogP contribution in [0.5, 0.6) is 0 Å². The quantitative estimate of drug-likeness (QED) is 0.0143. The van der Waals surface area contributed by atoms with Crippen LogP contribution < -0.4 is 65.9 Å². The lowest BCUT2D eigenvalue weighted by Crippen LogP contribution is -2.61. The Bertz CT molecular complexity index is 1750. The number of aliphatic hydroxyl groups excluding tert-OH is 2. The number of likely N-dealkylation sites (tertiary alicyclic amines) is 1. The van der Waals surface area contributed by atoms with Crippen molar-refractivity contribution in [3.05, 3.63) is 0 Å². The number of carboxylic acids is 1. The molecule has 0 aromatic rings. The summed E-state index contributed by atoms with van der Waals surface area (Å²) in [6.07, 6.45) is -0.728. The van der Waals surface area contributed by atoms with Crippen molar-refractivity contribution >= 4 is 90.4 Å². The van der Waals surface area contributed by atoms with E-state index in [-0.39, 0.29) is 75.2 Å². The van der Waals surface area contributed by atoms with E-state index < -0.39 is 127 Å². The summed E-state index contributed by atoms with van der Waals surface area (Å²) in [6, 6.07) is -10.7. The third-order valence-corrected chi connectivity index (χ3v) is 10.6. The fraction of sp³-hybridized carbons (Fsp3) is 0.703. The molecule has 0 radical (unpaired) electrons. The van der Waals surface area contributed by atoms with Gasteiger partial charge in [-0.15, -0.1) is 0 Å². The topological polar surface area (TPSA) is 457 Å². The third kappa shape index (κ3) is 20.3. The maximum Gasteiger partial charge on any atom is 0.327 e. The first-order valence-electron chi connectivity index (χ1n) is 21.0. The van der Waals surface area contributed by atoms with Crippen LogP contribution in [0.4, 0.5) is 0 Å². The maximum absolute atomic E-state index is 13.8. The van der Waals surface area contributed by atoms with Gasteiger partial charge in [0.1, 0.15) is 42.3 Å². The molecule has 0 aliphatic carbocycles. The van der Waals surface area contributed by atoms with Crippen LogP contribution in [-0.4, -0.2) is 184 Å². The zero-order valence-electron chi connectivity index (χ0n) is 37.1. The van der Waals surface area contributed by atoms with Crippen molar-refractivity contribution in [1.82, 2.24) is 42.1 Å². The first-order chi connectivity index (χ1) is 31.0. The molecule has 0 aromatic carbocycles. The highest BCUT2D eigenvalue weighted by Crippen LogP contribution is 2.20. The molecular weight excluding hydrogens is 911 g/mol. The third-order valence-electron chi connectivity index (χ3n) is 9.87. The van der Waals surface area contributed by atoms with Crippen molar-refractivity contribution in [2.75, 3.05) is 44.3 Å². The van der Waals surface area contributed by atoms with Crippen LogP contribution in [0.2, 0.25) is 0 Å². The number of carboxylic acid groups (broad SMARTS) is 1.